The molecular formula is C20H20N4O3. The first-order valence-corrected chi connectivity index (χ1v) is 8.80. The Kier molecular flexibility index (Phi) is 4.74. The summed E-state index contributed by atoms with van der Waals surface area (Å²) in [6.45, 7) is 2.82. The van der Waals surface area contributed by atoms with Crippen LogP contribution in [0.25, 0.3) is 11.3 Å². The molecule has 0 N–H and O–H groups in total. The van der Waals surface area contributed by atoms with Crippen LogP contribution in [-0.2, 0) is 0 Å². The van der Waals surface area contributed by atoms with Crippen molar-refractivity contribution in [3.05, 3.63) is 60.6 Å². The Labute approximate surface area is 157 Å². The zero-order valence-corrected chi connectivity index (χ0v) is 15.0. The van der Waals surface area contributed by atoms with Crippen LogP contribution in [0.2, 0.25) is 0 Å². The van der Waals surface area contributed by atoms with Gasteiger partial charge in [0.2, 0.25) is 0 Å². The molecule has 138 valence electrons. The SMILES string of the molecule is COc1ccc(N2CCN(C(=O)c3cc(-c4cccnc4)on3)CC2)cc1. The summed E-state index contributed by atoms with van der Waals surface area (Å²) in [5, 5.41) is 3.94. The van der Waals surface area contributed by atoms with Crippen LogP contribution in [0.1, 0.15) is 10.5 Å². The molecule has 4 rings (SSSR count). The number of benzene rings is 1. The molecule has 0 bridgehead atoms. The Morgan fingerprint density at radius 2 is 1.89 bits per heavy atom. The summed E-state index contributed by atoms with van der Waals surface area (Å²) in [4.78, 5) is 20.8. The molecule has 1 aliphatic rings. The molecule has 1 aromatic carbocycles. The van der Waals surface area contributed by atoms with Gasteiger partial charge in [0.25, 0.3) is 5.91 Å². The van der Waals surface area contributed by atoms with Gasteiger partial charge in [-0.05, 0) is 36.4 Å². The van der Waals surface area contributed by atoms with Crippen molar-refractivity contribution in [1.29, 1.82) is 0 Å². The fourth-order valence-electron chi connectivity index (χ4n) is 3.14. The number of methoxy groups -OCH3 is 1. The Bertz CT molecular complexity index is 900. The van der Waals surface area contributed by atoms with Gasteiger partial charge in [0, 0.05) is 55.9 Å². The molecule has 1 aliphatic heterocycles. The van der Waals surface area contributed by atoms with Gasteiger partial charge in [0.1, 0.15) is 5.75 Å². The van der Waals surface area contributed by atoms with Crippen molar-refractivity contribution in [1.82, 2.24) is 15.0 Å². The third kappa shape index (κ3) is 3.62. The number of aromatic nitrogens is 2. The van der Waals surface area contributed by atoms with E-state index in [2.05, 4.69) is 15.0 Å². The fraction of sp³-hybridized carbons (Fsp3) is 0.250. The topological polar surface area (TPSA) is 71.7 Å². The molecule has 27 heavy (non-hydrogen) atoms. The summed E-state index contributed by atoms with van der Waals surface area (Å²) in [5.41, 5.74) is 2.25. The van der Waals surface area contributed by atoms with Gasteiger partial charge >= 0.3 is 0 Å². The van der Waals surface area contributed by atoms with E-state index in [1.807, 2.05) is 41.3 Å². The van der Waals surface area contributed by atoms with Gasteiger partial charge in [-0.25, -0.2) is 0 Å². The van der Waals surface area contributed by atoms with Crippen LogP contribution in [0, 0.1) is 0 Å². The molecule has 0 unspecified atom stereocenters. The van der Waals surface area contributed by atoms with Gasteiger partial charge in [-0.3, -0.25) is 9.78 Å². The first kappa shape index (κ1) is 17.1. The van der Waals surface area contributed by atoms with E-state index in [0.717, 1.165) is 30.1 Å². The highest BCUT2D eigenvalue weighted by Gasteiger charge is 2.25. The average Bonchev–Trinajstić information content (AvgIpc) is 3.24. The molecule has 0 saturated carbocycles. The van der Waals surface area contributed by atoms with Crippen LogP contribution in [-0.4, -0.2) is 54.2 Å². The summed E-state index contributed by atoms with van der Waals surface area (Å²) < 4.78 is 10.5. The van der Waals surface area contributed by atoms with Gasteiger partial charge in [-0.15, -0.1) is 0 Å². The van der Waals surface area contributed by atoms with Gasteiger partial charge in [0.15, 0.2) is 11.5 Å². The Balaban J connectivity index is 1.39. The van der Waals surface area contributed by atoms with Crippen molar-refractivity contribution in [3.63, 3.8) is 0 Å². The standard InChI is InChI=1S/C20H20N4O3/c1-26-17-6-4-16(5-7-17)23-9-11-24(12-10-23)20(25)18-13-19(27-22-18)15-3-2-8-21-14-15/h2-8,13-14H,9-12H2,1H3. The van der Waals surface area contributed by atoms with E-state index in [1.165, 1.54) is 0 Å². The number of rotatable bonds is 4. The van der Waals surface area contributed by atoms with E-state index in [4.69, 9.17) is 9.26 Å². The quantitative estimate of drug-likeness (QED) is 0.709. The first-order chi connectivity index (χ1) is 13.2. The molecular weight excluding hydrogens is 344 g/mol. The predicted molar refractivity (Wildman–Crippen MR) is 101 cm³/mol. The summed E-state index contributed by atoms with van der Waals surface area (Å²) in [7, 11) is 1.66. The Morgan fingerprint density at radius 1 is 1.11 bits per heavy atom. The van der Waals surface area contributed by atoms with Crippen molar-refractivity contribution in [2.75, 3.05) is 38.2 Å². The number of piperazine rings is 1. The number of carbonyl (C=O) groups is 1. The third-order valence-corrected chi connectivity index (χ3v) is 4.68. The zero-order valence-electron chi connectivity index (χ0n) is 15.0. The molecule has 2 aromatic heterocycles. The number of amides is 1. The van der Waals surface area contributed by atoms with Crippen LogP contribution in [0.3, 0.4) is 0 Å². The largest absolute Gasteiger partial charge is 0.497 e. The first-order valence-electron chi connectivity index (χ1n) is 8.80. The van der Waals surface area contributed by atoms with Gasteiger partial charge < -0.3 is 19.1 Å². The lowest BCUT2D eigenvalue weighted by Gasteiger charge is -2.35. The summed E-state index contributed by atoms with van der Waals surface area (Å²) in [5.74, 6) is 1.27. The molecule has 7 nitrogen and oxygen atoms in total. The number of carbonyl (C=O) groups excluding carboxylic acids is 1. The molecule has 0 spiro atoms. The normalized spacial score (nSPS) is 14.3. The minimum absolute atomic E-state index is 0.108. The number of hydrogen-bond acceptors (Lipinski definition) is 6. The smallest absolute Gasteiger partial charge is 0.276 e. The minimum atomic E-state index is -0.108. The summed E-state index contributed by atoms with van der Waals surface area (Å²) in [6.07, 6.45) is 3.37. The number of anilines is 1. The van der Waals surface area contributed by atoms with Crippen molar-refractivity contribution in [3.8, 4) is 17.1 Å². The molecule has 1 saturated heterocycles. The summed E-state index contributed by atoms with van der Waals surface area (Å²) >= 11 is 0. The number of ether oxygens (including phenoxy) is 1. The van der Waals surface area contributed by atoms with E-state index in [9.17, 15) is 4.79 Å². The lowest BCUT2D eigenvalue weighted by Crippen LogP contribution is -2.48. The molecule has 1 fully saturated rings. The lowest BCUT2D eigenvalue weighted by molar-refractivity contribution is 0.0736. The van der Waals surface area contributed by atoms with Crippen molar-refractivity contribution < 1.29 is 14.1 Å². The van der Waals surface area contributed by atoms with E-state index >= 15 is 0 Å². The summed E-state index contributed by atoms with van der Waals surface area (Å²) in [6, 6.07) is 13.3. The molecule has 0 atom stereocenters. The van der Waals surface area contributed by atoms with E-state index in [0.29, 0.717) is 24.5 Å². The maximum Gasteiger partial charge on any atom is 0.276 e. The van der Waals surface area contributed by atoms with E-state index in [1.54, 1.807) is 25.6 Å². The maximum absolute atomic E-state index is 12.7. The number of hydrogen-bond donors (Lipinski definition) is 0. The number of pyridine rings is 1. The van der Waals surface area contributed by atoms with E-state index in [-0.39, 0.29) is 5.91 Å². The maximum atomic E-state index is 12.7. The predicted octanol–water partition coefficient (Wildman–Crippen LogP) is 2.71. The average molecular weight is 364 g/mol. The molecule has 7 heteroatoms. The van der Waals surface area contributed by atoms with Crippen LogP contribution >= 0.6 is 0 Å². The van der Waals surface area contributed by atoms with Crippen molar-refractivity contribution >= 4 is 11.6 Å². The fourth-order valence-corrected chi connectivity index (χ4v) is 3.14. The van der Waals surface area contributed by atoms with Gasteiger partial charge in [0.05, 0.1) is 7.11 Å². The molecule has 3 heterocycles. The Hall–Kier alpha value is -3.35. The zero-order chi connectivity index (χ0) is 18.6. The van der Waals surface area contributed by atoms with E-state index < -0.39 is 0 Å². The van der Waals surface area contributed by atoms with Gasteiger partial charge in [-0.2, -0.15) is 0 Å². The Morgan fingerprint density at radius 3 is 2.56 bits per heavy atom. The van der Waals surface area contributed by atoms with Crippen molar-refractivity contribution in [2.45, 2.75) is 0 Å². The minimum Gasteiger partial charge on any atom is -0.497 e. The number of nitrogens with zero attached hydrogens (tertiary/aromatic N) is 4. The van der Waals surface area contributed by atoms with Crippen LogP contribution in [0.4, 0.5) is 5.69 Å². The monoisotopic (exact) mass is 364 g/mol. The van der Waals surface area contributed by atoms with Gasteiger partial charge in [-0.1, -0.05) is 5.16 Å². The van der Waals surface area contributed by atoms with Crippen LogP contribution < -0.4 is 9.64 Å². The second-order valence-electron chi connectivity index (χ2n) is 6.30. The molecule has 3 aromatic rings. The highest BCUT2D eigenvalue weighted by atomic mass is 16.5. The van der Waals surface area contributed by atoms with Crippen LogP contribution in [0.5, 0.6) is 5.75 Å². The van der Waals surface area contributed by atoms with Crippen molar-refractivity contribution in [2.24, 2.45) is 0 Å². The third-order valence-electron chi connectivity index (χ3n) is 4.68. The molecule has 1 amide bonds. The molecule has 0 radical (unpaired) electrons. The second-order valence-corrected chi connectivity index (χ2v) is 6.30. The lowest BCUT2D eigenvalue weighted by atomic mass is 10.2. The highest BCUT2D eigenvalue weighted by molar-refractivity contribution is 5.93. The van der Waals surface area contributed by atoms with Crippen LogP contribution in [0.15, 0.2) is 59.4 Å². The second kappa shape index (κ2) is 7.49. The highest BCUT2D eigenvalue weighted by Crippen LogP contribution is 2.22. The molecule has 0 aliphatic carbocycles.